The number of methoxy groups -OCH3 is 1. The molecule has 7 nitrogen and oxygen atoms in total. The van der Waals surface area contributed by atoms with Crippen molar-refractivity contribution in [2.45, 2.75) is 0 Å². The topological polar surface area (TPSA) is 89.0 Å². The zero-order valence-electron chi connectivity index (χ0n) is 13.5. The molecule has 3 rings (SSSR count). The Morgan fingerprint density at radius 1 is 1.19 bits per heavy atom. The molecule has 26 heavy (non-hydrogen) atoms. The average molecular weight is 374 g/mol. The largest absolute Gasteiger partial charge is 0.465 e. The molecule has 0 saturated carbocycles. The number of ether oxygens (including phenoxy) is 1. The van der Waals surface area contributed by atoms with Crippen LogP contribution in [0.1, 0.15) is 10.4 Å². The van der Waals surface area contributed by atoms with Crippen LogP contribution in [0.15, 0.2) is 48.7 Å². The number of esters is 1. The van der Waals surface area contributed by atoms with Crippen LogP contribution in [0.25, 0.3) is 0 Å². The van der Waals surface area contributed by atoms with Crippen LogP contribution in [0.2, 0.25) is 5.02 Å². The summed E-state index contributed by atoms with van der Waals surface area (Å²) in [5.41, 5.74) is 1.35. The molecule has 0 unspecified atom stereocenters. The van der Waals surface area contributed by atoms with Crippen molar-refractivity contribution in [1.29, 1.82) is 0 Å². The SMILES string of the molecule is COC(=O)c1ccccc1Nc1nncc(Nc2ccc(F)c(Cl)c2)n1. The third-order valence-electron chi connectivity index (χ3n) is 3.33. The second kappa shape index (κ2) is 7.75. The summed E-state index contributed by atoms with van der Waals surface area (Å²) in [7, 11) is 1.30. The van der Waals surface area contributed by atoms with Crippen molar-refractivity contribution < 1.29 is 13.9 Å². The molecule has 0 bridgehead atoms. The van der Waals surface area contributed by atoms with Gasteiger partial charge in [-0.1, -0.05) is 23.7 Å². The molecule has 3 aromatic rings. The maximum atomic E-state index is 13.2. The maximum Gasteiger partial charge on any atom is 0.339 e. The number of rotatable bonds is 5. The predicted octanol–water partition coefficient (Wildman–Crippen LogP) is 3.94. The second-order valence-electron chi connectivity index (χ2n) is 5.08. The lowest BCUT2D eigenvalue weighted by Gasteiger charge is -2.10. The Labute approximate surface area is 153 Å². The zero-order chi connectivity index (χ0) is 18.5. The van der Waals surface area contributed by atoms with E-state index in [1.54, 1.807) is 24.3 Å². The first-order valence-corrected chi connectivity index (χ1v) is 7.81. The van der Waals surface area contributed by atoms with Gasteiger partial charge in [-0.2, -0.15) is 10.1 Å². The number of hydrogen-bond acceptors (Lipinski definition) is 7. The van der Waals surface area contributed by atoms with Crippen LogP contribution in [-0.2, 0) is 4.74 Å². The molecule has 0 atom stereocenters. The van der Waals surface area contributed by atoms with Crippen LogP contribution in [0.3, 0.4) is 0 Å². The van der Waals surface area contributed by atoms with E-state index in [4.69, 9.17) is 16.3 Å². The van der Waals surface area contributed by atoms with Crippen LogP contribution >= 0.6 is 11.6 Å². The molecule has 0 aliphatic carbocycles. The first-order chi connectivity index (χ1) is 12.6. The number of benzene rings is 2. The highest BCUT2D eigenvalue weighted by Crippen LogP contribution is 2.23. The number of aromatic nitrogens is 3. The molecule has 2 aromatic carbocycles. The Hall–Kier alpha value is -3.26. The van der Waals surface area contributed by atoms with Gasteiger partial charge in [0.2, 0.25) is 5.95 Å². The third kappa shape index (κ3) is 4.04. The van der Waals surface area contributed by atoms with Crippen molar-refractivity contribution in [2.75, 3.05) is 17.7 Å². The number of para-hydroxylation sites is 1. The van der Waals surface area contributed by atoms with Gasteiger partial charge in [-0.25, -0.2) is 9.18 Å². The molecule has 0 aliphatic heterocycles. The standard InChI is InChI=1S/C17H13ClFN5O2/c1-26-16(25)11-4-2-3-5-14(11)22-17-23-15(9-20-24-17)21-10-6-7-13(19)12(18)8-10/h2-9H,1H3,(H2,21,22,23,24). The summed E-state index contributed by atoms with van der Waals surface area (Å²) in [6.45, 7) is 0. The summed E-state index contributed by atoms with van der Waals surface area (Å²) >= 11 is 5.76. The van der Waals surface area contributed by atoms with Gasteiger partial charge >= 0.3 is 5.97 Å². The second-order valence-corrected chi connectivity index (χ2v) is 5.49. The van der Waals surface area contributed by atoms with Crippen LogP contribution in [0.4, 0.5) is 27.5 Å². The van der Waals surface area contributed by atoms with Crippen molar-refractivity contribution in [3.05, 3.63) is 65.1 Å². The summed E-state index contributed by atoms with van der Waals surface area (Å²) in [6, 6.07) is 11.0. The van der Waals surface area contributed by atoms with E-state index in [1.165, 1.54) is 31.5 Å². The number of carbonyl (C=O) groups is 1. The highest BCUT2D eigenvalue weighted by Gasteiger charge is 2.12. The predicted molar refractivity (Wildman–Crippen MR) is 95.6 cm³/mol. The Kier molecular flexibility index (Phi) is 5.23. The molecule has 0 spiro atoms. The normalized spacial score (nSPS) is 10.3. The molecule has 2 N–H and O–H groups in total. The zero-order valence-corrected chi connectivity index (χ0v) is 14.3. The average Bonchev–Trinajstić information content (AvgIpc) is 2.65. The van der Waals surface area contributed by atoms with Crippen LogP contribution in [0, 0.1) is 5.82 Å². The van der Waals surface area contributed by atoms with Gasteiger partial charge < -0.3 is 15.4 Å². The van der Waals surface area contributed by atoms with Gasteiger partial charge in [-0.05, 0) is 30.3 Å². The van der Waals surface area contributed by atoms with Crippen molar-refractivity contribution in [3.63, 3.8) is 0 Å². The van der Waals surface area contributed by atoms with Crippen molar-refractivity contribution in [1.82, 2.24) is 15.2 Å². The van der Waals surface area contributed by atoms with Gasteiger partial charge in [-0.15, -0.1) is 5.10 Å². The first kappa shape index (κ1) is 17.6. The molecular formula is C17H13ClFN5O2. The maximum absolute atomic E-state index is 13.2. The first-order valence-electron chi connectivity index (χ1n) is 7.43. The molecule has 0 amide bonds. The number of nitrogens with zero attached hydrogens (tertiary/aromatic N) is 3. The summed E-state index contributed by atoms with van der Waals surface area (Å²) < 4.78 is 18.0. The fourth-order valence-corrected chi connectivity index (χ4v) is 2.32. The fourth-order valence-electron chi connectivity index (χ4n) is 2.14. The van der Waals surface area contributed by atoms with Crippen LogP contribution in [-0.4, -0.2) is 28.3 Å². The molecule has 0 aliphatic rings. The number of hydrogen-bond donors (Lipinski definition) is 2. The van der Waals surface area contributed by atoms with Gasteiger partial charge in [0, 0.05) is 5.69 Å². The summed E-state index contributed by atoms with van der Waals surface area (Å²) in [6.07, 6.45) is 1.40. The van der Waals surface area contributed by atoms with Gasteiger partial charge in [0.15, 0.2) is 5.82 Å². The Bertz CT molecular complexity index is 954. The molecule has 9 heteroatoms. The van der Waals surface area contributed by atoms with E-state index < -0.39 is 11.8 Å². The van der Waals surface area contributed by atoms with E-state index in [9.17, 15) is 9.18 Å². The number of nitrogens with one attached hydrogen (secondary N) is 2. The molecular weight excluding hydrogens is 361 g/mol. The van der Waals surface area contributed by atoms with E-state index >= 15 is 0 Å². The lowest BCUT2D eigenvalue weighted by molar-refractivity contribution is 0.0602. The summed E-state index contributed by atoms with van der Waals surface area (Å²) in [5.74, 6) is -0.476. The van der Waals surface area contributed by atoms with E-state index in [-0.39, 0.29) is 11.0 Å². The van der Waals surface area contributed by atoms with E-state index in [0.29, 0.717) is 22.8 Å². The van der Waals surface area contributed by atoms with Gasteiger partial charge in [0.25, 0.3) is 0 Å². The molecule has 0 radical (unpaired) electrons. The quantitative estimate of drug-likeness (QED) is 0.655. The highest BCUT2D eigenvalue weighted by molar-refractivity contribution is 6.31. The fraction of sp³-hybridized carbons (Fsp3) is 0.0588. The molecule has 1 heterocycles. The van der Waals surface area contributed by atoms with Crippen LogP contribution < -0.4 is 10.6 Å². The summed E-state index contributed by atoms with van der Waals surface area (Å²) in [5, 5.41) is 13.6. The molecule has 1 aromatic heterocycles. The van der Waals surface area contributed by atoms with E-state index in [0.717, 1.165) is 0 Å². The smallest absolute Gasteiger partial charge is 0.339 e. The van der Waals surface area contributed by atoms with Gasteiger partial charge in [0.1, 0.15) is 5.82 Å². The van der Waals surface area contributed by atoms with Crippen molar-refractivity contribution >= 4 is 40.7 Å². The number of carbonyl (C=O) groups excluding carboxylic acids is 1. The minimum Gasteiger partial charge on any atom is -0.465 e. The Morgan fingerprint density at radius 2 is 2.00 bits per heavy atom. The van der Waals surface area contributed by atoms with Crippen LogP contribution in [0.5, 0.6) is 0 Å². The Balaban J connectivity index is 1.82. The minimum absolute atomic E-state index is 0.0117. The summed E-state index contributed by atoms with van der Waals surface area (Å²) in [4.78, 5) is 16.1. The number of anilines is 4. The molecule has 0 saturated heterocycles. The van der Waals surface area contributed by atoms with E-state index in [2.05, 4.69) is 25.8 Å². The van der Waals surface area contributed by atoms with Gasteiger partial charge in [0.05, 0.1) is 29.6 Å². The number of halogens is 2. The van der Waals surface area contributed by atoms with Crippen molar-refractivity contribution in [3.8, 4) is 0 Å². The van der Waals surface area contributed by atoms with E-state index in [1.807, 2.05) is 0 Å². The lowest BCUT2D eigenvalue weighted by Crippen LogP contribution is -2.08. The lowest BCUT2D eigenvalue weighted by atomic mass is 10.2. The minimum atomic E-state index is -0.514. The van der Waals surface area contributed by atoms with Gasteiger partial charge in [-0.3, -0.25) is 0 Å². The molecule has 0 fully saturated rings. The third-order valence-corrected chi connectivity index (χ3v) is 3.62. The molecule has 132 valence electrons. The highest BCUT2D eigenvalue weighted by atomic mass is 35.5. The monoisotopic (exact) mass is 373 g/mol. The van der Waals surface area contributed by atoms with Crippen molar-refractivity contribution in [2.24, 2.45) is 0 Å². The Morgan fingerprint density at radius 3 is 2.77 bits per heavy atom.